The summed E-state index contributed by atoms with van der Waals surface area (Å²) in [5.41, 5.74) is -1.87. The zero-order chi connectivity index (χ0) is 22.7. The number of sulfonamides is 1. The van der Waals surface area contributed by atoms with Crippen molar-refractivity contribution < 1.29 is 31.3 Å². The van der Waals surface area contributed by atoms with Gasteiger partial charge in [-0.25, -0.2) is 13.6 Å². The Kier molecular flexibility index (Phi) is 6.90. The van der Waals surface area contributed by atoms with Crippen LogP contribution in [-0.4, -0.2) is 25.8 Å². The molecule has 30 heavy (non-hydrogen) atoms. The lowest BCUT2D eigenvalue weighted by Crippen LogP contribution is -2.17. The lowest BCUT2D eigenvalue weighted by molar-refractivity contribution is -0.384. The first-order chi connectivity index (χ1) is 13.8. The summed E-state index contributed by atoms with van der Waals surface area (Å²) >= 11 is 5.51. The number of nitro benzene ring substituents is 1. The topological polar surface area (TPSA) is 144 Å². The van der Waals surface area contributed by atoms with Crippen molar-refractivity contribution in [1.82, 2.24) is 0 Å². The largest absolute Gasteiger partial charge is 0.417 e. The number of hydrogen-bond donors (Lipinski definition) is 3. The highest BCUT2D eigenvalue weighted by Crippen LogP contribution is 2.36. The highest BCUT2D eigenvalue weighted by molar-refractivity contribution is 7.89. The molecule has 0 saturated carbocycles. The van der Waals surface area contributed by atoms with Crippen LogP contribution in [-0.2, 0) is 21.0 Å². The molecule has 162 valence electrons. The Hall–Kier alpha value is -2.90. The van der Waals surface area contributed by atoms with Gasteiger partial charge in [-0.2, -0.15) is 13.2 Å². The van der Waals surface area contributed by atoms with Crippen LogP contribution in [0.1, 0.15) is 12.0 Å². The van der Waals surface area contributed by atoms with Gasteiger partial charge in [0, 0.05) is 24.7 Å². The van der Waals surface area contributed by atoms with Gasteiger partial charge in [0.25, 0.3) is 5.69 Å². The molecule has 1 amide bonds. The number of hydrogen-bond acceptors (Lipinski definition) is 6. The van der Waals surface area contributed by atoms with Gasteiger partial charge in [-0.1, -0.05) is 11.6 Å². The summed E-state index contributed by atoms with van der Waals surface area (Å²) in [6, 6.07) is 5.81. The number of nitrogens with zero attached hydrogens (tertiary/aromatic N) is 1. The van der Waals surface area contributed by atoms with E-state index in [1.165, 1.54) is 6.07 Å². The maximum atomic E-state index is 12.9. The van der Waals surface area contributed by atoms with E-state index < -0.39 is 48.2 Å². The number of benzene rings is 2. The molecule has 14 heteroatoms. The Morgan fingerprint density at radius 3 is 2.43 bits per heavy atom. The number of nitro groups is 1. The number of halogens is 4. The number of alkyl halides is 3. The normalized spacial score (nSPS) is 11.8. The van der Waals surface area contributed by atoms with Crippen molar-refractivity contribution >= 4 is 44.6 Å². The smallest absolute Gasteiger partial charge is 0.379 e. The monoisotopic (exact) mass is 466 g/mol. The third-order valence-electron chi connectivity index (χ3n) is 3.72. The molecule has 0 radical (unpaired) electrons. The molecule has 0 saturated heterocycles. The summed E-state index contributed by atoms with van der Waals surface area (Å²) in [7, 11) is -4.15. The Labute approximate surface area is 173 Å². The minimum atomic E-state index is -4.69. The van der Waals surface area contributed by atoms with Crippen molar-refractivity contribution in [1.29, 1.82) is 0 Å². The molecule has 2 rings (SSSR count). The number of rotatable bonds is 7. The van der Waals surface area contributed by atoms with Gasteiger partial charge in [-0.3, -0.25) is 14.9 Å². The molecule has 2 aromatic carbocycles. The molecule has 0 aliphatic heterocycles. The van der Waals surface area contributed by atoms with Crippen molar-refractivity contribution in [2.45, 2.75) is 17.5 Å². The van der Waals surface area contributed by atoms with E-state index in [0.717, 1.165) is 24.3 Å². The summed E-state index contributed by atoms with van der Waals surface area (Å²) in [5.74, 6) is -0.665. The van der Waals surface area contributed by atoms with Crippen molar-refractivity contribution in [3.63, 3.8) is 0 Å². The molecule has 0 aliphatic carbocycles. The van der Waals surface area contributed by atoms with Gasteiger partial charge >= 0.3 is 6.18 Å². The van der Waals surface area contributed by atoms with E-state index in [0.29, 0.717) is 6.07 Å². The Morgan fingerprint density at radius 1 is 1.20 bits per heavy atom. The average Bonchev–Trinajstić information content (AvgIpc) is 2.61. The fraction of sp³-hybridized carbons (Fsp3) is 0.188. The maximum absolute atomic E-state index is 12.9. The number of carbonyl (C=O) groups is 1. The van der Waals surface area contributed by atoms with Crippen LogP contribution in [0.25, 0.3) is 0 Å². The highest BCUT2D eigenvalue weighted by atomic mass is 35.5. The fourth-order valence-corrected chi connectivity index (χ4v) is 3.10. The molecule has 9 nitrogen and oxygen atoms in total. The SMILES string of the molecule is NS(=O)(=O)c1ccc(NCCC(=O)Nc2ccc(Cl)c(C(F)(F)F)c2)c([N+](=O)[O-])c1. The predicted octanol–water partition coefficient (Wildman–Crippen LogP) is 3.36. The summed E-state index contributed by atoms with van der Waals surface area (Å²) in [5, 5.41) is 20.4. The van der Waals surface area contributed by atoms with Crippen LogP contribution in [0.15, 0.2) is 41.3 Å². The third-order valence-corrected chi connectivity index (χ3v) is 4.96. The Bertz CT molecular complexity index is 1090. The van der Waals surface area contributed by atoms with Gasteiger partial charge in [0.05, 0.1) is 20.4 Å². The first-order valence-electron chi connectivity index (χ1n) is 8.01. The van der Waals surface area contributed by atoms with E-state index in [1.54, 1.807) is 0 Å². The minimum Gasteiger partial charge on any atom is -0.379 e. The van der Waals surface area contributed by atoms with Gasteiger partial charge in [0.2, 0.25) is 15.9 Å². The molecule has 0 atom stereocenters. The summed E-state index contributed by atoms with van der Waals surface area (Å²) in [6.07, 6.45) is -4.94. The number of amides is 1. The molecule has 0 bridgehead atoms. The summed E-state index contributed by atoms with van der Waals surface area (Å²) in [6.45, 7) is -0.124. The van der Waals surface area contributed by atoms with E-state index in [-0.39, 0.29) is 24.3 Å². The molecular weight excluding hydrogens is 453 g/mol. The van der Waals surface area contributed by atoms with Crippen LogP contribution in [0.4, 0.5) is 30.2 Å². The predicted molar refractivity (Wildman–Crippen MR) is 103 cm³/mol. The molecule has 0 fully saturated rings. The Morgan fingerprint density at radius 2 is 1.87 bits per heavy atom. The van der Waals surface area contributed by atoms with Gasteiger partial charge in [-0.05, 0) is 30.3 Å². The molecule has 0 unspecified atom stereocenters. The van der Waals surface area contributed by atoms with Crippen molar-refractivity contribution in [3.8, 4) is 0 Å². The van der Waals surface area contributed by atoms with Crippen molar-refractivity contribution in [3.05, 3.63) is 57.1 Å². The molecule has 0 spiro atoms. The number of carbonyl (C=O) groups excluding carboxylic acids is 1. The lowest BCUT2D eigenvalue weighted by Gasteiger charge is -2.12. The van der Waals surface area contributed by atoms with E-state index in [4.69, 9.17) is 16.7 Å². The van der Waals surface area contributed by atoms with Gasteiger partial charge in [-0.15, -0.1) is 0 Å². The molecule has 0 aliphatic rings. The number of primary sulfonamides is 1. The molecule has 0 aromatic heterocycles. The molecule has 0 heterocycles. The third kappa shape index (κ3) is 6.05. The van der Waals surface area contributed by atoms with Crippen molar-refractivity contribution in [2.24, 2.45) is 5.14 Å². The standard InChI is InChI=1S/C16H14ClF3N4O5S/c17-12-3-1-9(7-11(12)16(18,19)20)23-15(25)5-6-22-13-4-2-10(30(21,28)29)8-14(13)24(26)27/h1-4,7-8,22H,5-6H2,(H,23,25)(H2,21,28,29). The lowest BCUT2D eigenvalue weighted by atomic mass is 10.2. The molecule has 2 aromatic rings. The van der Waals surface area contributed by atoms with Crippen LogP contribution < -0.4 is 15.8 Å². The van der Waals surface area contributed by atoms with E-state index in [1.807, 2.05) is 0 Å². The summed E-state index contributed by atoms with van der Waals surface area (Å²) in [4.78, 5) is 21.8. The fourth-order valence-electron chi connectivity index (χ4n) is 2.34. The van der Waals surface area contributed by atoms with Crippen LogP contribution in [0.3, 0.4) is 0 Å². The second kappa shape index (κ2) is 8.85. The average molecular weight is 467 g/mol. The van der Waals surface area contributed by atoms with Gasteiger partial charge in [0.15, 0.2) is 0 Å². The zero-order valence-electron chi connectivity index (χ0n) is 14.9. The van der Waals surface area contributed by atoms with E-state index >= 15 is 0 Å². The molecular formula is C16H14ClF3N4O5S. The van der Waals surface area contributed by atoms with Crippen LogP contribution in [0.5, 0.6) is 0 Å². The second-order valence-electron chi connectivity index (χ2n) is 5.90. The maximum Gasteiger partial charge on any atom is 0.417 e. The van der Waals surface area contributed by atoms with Gasteiger partial charge < -0.3 is 10.6 Å². The Balaban J connectivity index is 2.04. The number of nitrogens with one attached hydrogen (secondary N) is 2. The highest BCUT2D eigenvalue weighted by Gasteiger charge is 2.33. The van der Waals surface area contributed by atoms with Crippen LogP contribution >= 0.6 is 11.6 Å². The molecule has 4 N–H and O–H groups in total. The van der Waals surface area contributed by atoms with Crippen LogP contribution in [0, 0.1) is 10.1 Å². The first kappa shape index (κ1) is 23.4. The second-order valence-corrected chi connectivity index (χ2v) is 7.87. The van der Waals surface area contributed by atoms with Crippen molar-refractivity contribution in [2.75, 3.05) is 17.2 Å². The first-order valence-corrected chi connectivity index (χ1v) is 9.93. The quantitative estimate of drug-likeness (QED) is 0.421. The number of nitrogens with two attached hydrogens (primary N) is 1. The van der Waals surface area contributed by atoms with Crippen LogP contribution in [0.2, 0.25) is 5.02 Å². The summed E-state index contributed by atoms with van der Waals surface area (Å²) < 4.78 is 61.2. The van der Waals surface area contributed by atoms with E-state index in [9.17, 15) is 36.5 Å². The zero-order valence-corrected chi connectivity index (χ0v) is 16.4. The number of anilines is 2. The van der Waals surface area contributed by atoms with Gasteiger partial charge in [0.1, 0.15) is 5.69 Å². The minimum absolute atomic E-state index is 0.0638. The van der Waals surface area contributed by atoms with E-state index in [2.05, 4.69) is 10.6 Å².